The van der Waals surface area contributed by atoms with Crippen molar-refractivity contribution in [1.82, 2.24) is 0 Å². The van der Waals surface area contributed by atoms with Crippen molar-refractivity contribution in [2.45, 2.75) is 84.7 Å². The second-order valence-corrected chi connectivity index (χ2v) is 8.14. The number of carbonyl (C=O) groups is 2. The Morgan fingerprint density at radius 2 is 1.48 bits per heavy atom. The first-order valence-corrected chi connectivity index (χ1v) is 11.2. The zero-order valence-electron chi connectivity index (χ0n) is 18.2. The van der Waals surface area contributed by atoms with E-state index < -0.39 is 11.8 Å². The molecule has 0 bridgehead atoms. The van der Waals surface area contributed by atoms with Gasteiger partial charge in [-0.1, -0.05) is 45.4 Å². The molecular weight excluding hydrogens is 368 g/mol. The average Bonchev–Trinajstić information content (AvgIpc) is 2.71. The number of rotatable bonds is 11. The van der Waals surface area contributed by atoms with E-state index in [0.29, 0.717) is 25.2 Å². The van der Waals surface area contributed by atoms with Crippen molar-refractivity contribution in [2.24, 2.45) is 11.8 Å². The summed E-state index contributed by atoms with van der Waals surface area (Å²) in [6, 6.07) is 7.02. The summed E-state index contributed by atoms with van der Waals surface area (Å²) in [4.78, 5) is 25.3. The number of hydrogen-bond acceptors (Lipinski definition) is 5. The lowest BCUT2D eigenvalue weighted by Gasteiger charge is -2.28. The fraction of sp³-hybridized carbons (Fsp3) is 0.667. The van der Waals surface area contributed by atoms with E-state index in [-0.39, 0.29) is 18.0 Å². The van der Waals surface area contributed by atoms with Gasteiger partial charge in [0.2, 0.25) is 0 Å². The summed E-state index contributed by atoms with van der Waals surface area (Å²) in [6.07, 6.45) is 8.87. The maximum atomic E-state index is 12.7. The summed E-state index contributed by atoms with van der Waals surface area (Å²) in [7, 11) is 0. The van der Waals surface area contributed by atoms with Crippen molar-refractivity contribution in [2.75, 3.05) is 6.61 Å². The summed E-state index contributed by atoms with van der Waals surface area (Å²) in [5.74, 6) is -0.203. The van der Waals surface area contributed by atoms with Crippen molar-refractivity contribution in [3.63, 3.8) is 0 Å². The van der Waals surface area contributed by atoms with Gasteiger partial charge in [-0.15, -0.1) is 0 Å². The number of ether oxygens (including phenoxy) is 3. The smallest absolute Gasteiger partial charge is 0.315 e. The van der Waals surface area contributed by atoms with Crippen LogP contribution in [0.2, 0.25) is 0 Å². The second kappa shape index (κ2) is 12.5. The van der Waals surface area contributed by atoms with Gasteiger partial charge in [0.05, 0.1) is 24.5 Å². The lowest BCUT2D eigenvalue weighted by Crippen LogP contribution is -2.36. The van der Waals surface area contributed by atoms with Gasteiger partial charge < -0.3 is 14.2 Å². The highest BCUT2D eigenvalue weighted by atomic mass is 16.5. The van der Waals surface area contributed by atoms with E-state index in [1.807, 2.05) is 13.8 Å². The fourth-order valence-corrected chi connectivity index (χ4v) is 3.73. The third kappa shape index (κ3) is 8.08. The predicted octanol–water partition coefficient (Wildman–Crippen LogP) is 5.70. The Labute approximate surface area is 175 Å². The van der Waals surface area contributed by atoms with Crippen LogP contribution in [0.3, 0.4) is 0 Å². The van der Waals surface area contributed by atoms with E-state index in [1.165, 1.54) is 19.3 Å². The Morgan fingerprint density at radius 1 is 0.897 bits per heavy atom. The van der Waals surface area contributed by atoms with Gasteiger partial charge in [-0.05, 0) is 57.4 Å². The van der Waals surface area contributed by atoms with Crippen molar-refractivity contribution in [3.8, 4) is 11.5 Å². The molecule has 1 aromatic rings. The van der Waals surface area contributed by atoms with Gasteiger partial charge in [-0.2, -0.15) is 0 Å². The molecule has 1 aliphatic rings. The van der Waals surface area contributed by atoms with Gasteiger partial charge in [-0.25, -0.2) is 0 Å². The van der Waals surface area contributed by atoms with E-state index in [0.717, 1.165) is 31.4 Å². The molecule has 1 fully saturated rings. The highest BCUT2D eigenvalue weighted by molar-refractivity contribution is 5.83. The largest absolute Gasteiger partial charge is 0.491 e. The van der Waals surface area contributed by atoms with Gasteiger partial charge in [0.15, 0.2) is 0 Å². The third-order valence-electron chi connectivity index (χ3n) is 5.28. The third-order valence-corrected chi connectivity index (χ3v) is 5.28. The number of carbonyl (C=O) groups excluding carboxylic acids is 2. The van der Waals surface area contributed by atoms with Gasteiger partial charge in [-0.3, -0.25) is 9.59 Å². The summed E-state index contributed by atoms with van der Waals surface area (Å²) < 4.78 is 16.6. The van der Waals surface area contributed by atoms with Crippen LogP contribution in [0, 0.1) is 11.8 Å². The SMILES string of the molecule is CCCCCCCOC(=O)C1CCCCC1C(=O)Oc1ccc(OC(C)C)cc1. The average molecular weight is 405 g/mol. The van der Waals surface area contributed by atoms with E-state index in [1.54, 1.807) is 24.3 Å². The monoisotopic (exact) mass is 404 g/mol. The second-order valence-electron chi connectivity index (χ2n) is 8.14. The zero-order valence-corrected chi connectivity index (χ0v) is 18.2. The number of unbranched alkanes of at least 4 members (excludes halogenated alkanes) is 4. The van der Waals surface area contributed by atoms with Crippen LogP contribution in [-0.4, -0.2) is 24.6 Å². The van der Waals surface area contributed by atoms with Crippen LogP contribution < -0.4 is 9.47 Å². The quantitative estimate of drug-likeness (QED) is 0.269. The van der Waals surface area contributed by atoms with Crippen LogP contribution in [0.5, 0.6) is 11.5 Å². The molecule has 5 nitrogen and oxygen atoms in total. The summed E-state index contributed by atoms with van der Waals surface area (Å²) >= 11 is 0. The summed E-state index contributed by atoms with van der Waals surface area (Å²) in [6.45, 7) is 6.54. The Bertz CT molecular complexity index is 623. The predicted molar refractivity (Wildman–Crippen MR) is 113 cm³/mol. The van der Waals surface area contributed by atoms with Crippen molar-refractivity contribution in [3.05, 3.63) is 24.3 Å². The molecule has 1 aromatic carbocycles. The van der Waals surface area contributed by atoms with Crippen molar-refractivity contribution in [1.29, 1.82) is 0 Å². The zero-order chi connectivity index (χ0) is 21.1. The van der Waals surface area contributed by atoms with Crippen molar-refractivity contribution < 1.29 is 23.8 Å². The molecular formula is C24H36O5. The Morgan fingerprint density at radius 3 is 2.10 bits per heavy atom. The Kier molecular flexibility index (Phi) is 10.0. The summed E-state index contributed by atoms with van der Waals surface area (Å²) in [5.41, 5.74) is 0. The van der Waals surface area contributed by atoms with Crippen LogP contribution in [0.4, 0.5) is 0 Å². The first-order chi connectivity index (χ1) is 14.0. The molecule has 1 aliphatic carbocycles. The topological polar surface area (TPSA) is 61.8 Å². The molecule has 2 rings (SSSR count). The van der Waals surface area contributed by atoms with Gasteiger partial charge in [0, 0.05) is 0 Å². The standard InChI is InChI=1S/C24H36O5/c1-4-5-6-7-10-17-27-23(25)21-11-8-9-12-22(21)24(26)29-20-15-13-19(14-16-20)28-18(2)3/h13-16,18,21-22H,4-12,17H2,1-3H3. The summed E-state index contributed by atoms with van der Waals surface area (Å²) in [5, 5.41) is 0. The van der Waals surface area contributed by atoms with Crippen LogP contribution in [0.25, 0.3) is 0 Å². The van der Waals surface area contributed by atoms with Crippen LogP contribution in [0.1, 0.15) is 78.6 Å². The molecule has 162 valence electrons. The first kappa shape index (κ1) is 23.2. The van der Waals surface area contributed by atoms with E-state index in [9.17, 15) is 9.59 Å². The van der Waals surface area contributed by atoms with Crippen molar-refractivity contribution >= 4 is 11.9 Å². The highest BCUT2D eigenvalue weighted by Gasteiger charge is 2.38. The minimum Gasteiger partial charge on any atom is -0.491 e. The van der Waals surface area contributed by atoms with Crippen LogP contribution in [-0.2, 0) is 14.3 Å². The molecule has 1 saturated carbocycles. The van der Waals surface area contributed by atoms with E-state index >= 15 is 0 Å². The fourth-order valence-electron chi connectivity index (χ4n) is 3.73. The molecule has 5 heteroatoms. The van der Waals surface area contributed by atoms with E-state index in [4.69, 9.17) is 14.2 Å². The molecule has 0 aliphatic heterocycles. The lowest BCUT2D eigenvalue weighted by atomic mass is 9.79. The maximum absolute atomic E-state index is 12.7. The molecule has 2 unspecified atom stereocenters. The number of esters is 2. The molecule has 0 saturated heterocycles. The molecule has 0 amide bonds. The number of benzene rings is 1. The molecule has 0 aromatic heterocycles. The Hall–Kier alpha value is -2.04. The highest BCUT2D eigenvalue weighted by Crippen LogP contribution is 2.33. The minimum absolute atomic E-state index is 0.0871. The molecule has 0 radical (unpaired) electrons. The van der Waals surface area contributed by atoms with E-state index in [2.05, 4.69) is 6.92 Å². The van der Waals surface area contributed by atoms with Gasteiger partial charge in [0.25, 0.3) is 0 Å². The molecule has 29 heavy (non-hydrogen) atoms. The number of hydrogen-bond donors (Lipinski definition) is 0. The molecule has 0 spiro atoms. The Balaban J connectivity index is 1.85. The molecule has 0 N–H and O–H groups in total. The van der Waals surface area contributed by atoms with Gasteiger partial charge in [0.1, 0.15) is 11.5 Å². The van der Waals surface area contributed by atoms with Crippen LogP contribution >= 0.6 is 0 Å². The molecule has 2 atom stereocenters. The minimum atomic E-state index is -0.428. The lowest BCUT2D eigenvalue weighted by molar-refractivity contribution is -0.158. The van der Waals surface area contributed by atoms with Gasteiger partial charge >= 0.3 is 11.9 Å². The molecule has 0 heterocycles. The van der Waals surface area contributed by atoms with Crippen LogP contribution in [0.15, 0.2) is 24.3 Å². The maximum Gasteiger partial charge on any atom is 0.315 e. The normalized spacial score (nSPS) is 19.0. The first-order valence-electron chi connectivity index (χ1n) is 11.2.